The molecule has 1 saturated carbocycles. The average Bonchev–Trinajstić information content (AvgIpc) is 3.23. The predicted molar refractivity (Wildman–Crippen MR) is 95.1 cm³/mol. The highest BCUT2D eigenvalue weighted by molar-refractivity contribution is 8.00. The second kappa shape index (κ2) is 7.15. The van der Waals surface area contributed by atoms with Crippen molar-refractivity contribution in [2.45, 2.75) is 55.5 Å². The summed E-state index contributed by atoms with van der Waals surface area (Å²) in [4.78, 5) is 16.1. The van der Waals surface area contributed by atoms with Crippen LogP contribution in [-0.4, -0.2) is 37.6 Å². The van der Waals surface area contributed by atoms with Crippen molar-refractivity contribution >= 4 is 17.7 Å². The van der Waals surface area contributed by atoms with Gasteiger partial charge in [0.25, 0.3) is 0 Å². The summed E-state index contributed by atoms with van der Waals surface area (Å²) in [5.74, 6) is 1.27. The molecule has 0 radical (unpaired) electrons. The number of rotatable bonds is 4. The van der Waals surface area contributed by atoms with E-state index >= 15 is 0 Å². The maximum atomic E-state index is 11.9. The molecule has 25 heavy (non-hydrogen) atoms. The summed E-state index contributed by atoms with van der Waals surface area (Å²) in [6, 6.07) is 4.29. The molecule has 2 fully saturated rings. The van der Waals surface area contributed by atoms with Crippen LogP contribution in [-0.2, 0) is 9.53 Å². The first-order valence-electron chi connectivity index (χ1n) is 8.92. The van der Waals surface area contributed by atoms with Crippen LogP contribution in [0.25, 0.3) is 11.4 Å². The van der Waals surface area contributed by atoms with E-state index in [1.807, 2.05) is 18.3 Å². The van der Waals surface area contributed by atoms with E-state index in [2.05, 4.69) is 26.7 Å². The summed E-state index contributed by atoms with van der Waals surface area (Å²) < 4.78 is 7.36. The van der Waals surface area contributed by atoms with Gasteiger partial charge in [0.2, 0.25) is 0 Å². The third kappa shape index (κ3) is 3.29. The van der Waals surface area contributed by atoms with Gasteiger partial charge in [-0.15, -0.1) is 10.2 Å². The fraction of sp³-hybridized carbons (Fsp3) is 0.556. The summed E-state index contributed by atoms with van der Waals surface area (Å²) in [7, 11) is 0. The number of aromatic nitrogens is 4. The number of thioether (sulfide) groups is 1. The highest BCUT2D eigenvalue weighted by Crippen LogP contribution is 2.40. The zero-order valence-electron chi connectivity index (χ0n) is 14.3. The van der Waals surface area contributed by atoms with Crippen LogP contribution in [0.4, 0.5) is 0 Å². The van der Waals surface area contributed by atoms with E-state index in [-0.39, 0.29) is 11.2 Å². The molecule has 0 amide bonds. The minimum absolute atomic E-state index is 0.140. The van der Waals surface area contributed by atoms with E-state index in [1.165, 1.54) is 31.0 Å². The van der Waals surface area contributed by atoms with Crippen molar-refractivity contribution in [3.8, 4) is 11.4 Å². The number of hydrogen-bond acceptors (Lipinski definition) is 6. The molecule has 0 unspecified atom stereocenters. The summed E-state index contributed by atoms with van der Waals surface area (Å²) in [6.07, 6.45) is 9.15. The lowest BCUT2D eigenvalue weighted by molar-refractivity contribution is -0.137. The van der Waals surface area contributed by atoms with E-state index in [4.69, 9.17) is 4.74 Å². The maximum absolute atomic E-state index is 11.9. The molecule has 6 nitrogen and oxygen atoms in total. The monoisotopic (exact) mass is 358 g/mol. The highest BCUT2D eigenvalue weighted by Gasteiger charge is 2.33. The Balaban J connectivity index is 1.73. The van der Waals surface area contributed by atoms with Gasteiger partial charge in [-0.3, -0.25) is 14.3 Å². The number of pyridine rings is 1. The van der Waals surface area contributed by atoms with Crippen LogP contribution in [0.2, 0.25) is 0 Å². The first-order valence-corrected chi connectivity index (χ1v) is 9.80. The molecule has 0 N–H and O–H groups in total. The van der Waals surface area contributed by atoms with Gasteiger partial charge < -0.3 is 4.74 Å². The Bertz CT molecular complexity index is 749. The van der Waals surface area contributed by atoms with Gasteiger partial charge in [0.15, 0.2) is 11.0 Å². The molecular weight excluding hydrogens is 336 g/mol. The van der Waals surface area contributed by atoms with Crippen LogP contribution in [0.3, 0.4) is 0 Å². The van der Waals surface area contributed by atoms with Crippen molar-refractivity contribution in [1.29, 1.82) is 0 Å². The van der Waals surface area contributed by atoms with Gasteiger partial charge in [-0.25, -0.2) is 0 Å². The van der Waals surface area contributed by atoms with Gasteiger partial charge in [0, 0.05) is 30.4 Å². The van der Waals surface area contributed by atoms with Gasteiger partial charge in [-0.2, -0.15) is 0 Å². The number of carbonyl (C=O) groups excluding carboxylic acids is 1. The number of carbonyl (C=O) groups is 1. The van der Waals surface area contributed by atoms with Crippen molar-refractivity contribution in [3.05, 3.63) is 24.5 Å². The molecule has 132 valence electrons. The van der Waals surface area contributed by atoms with Crippen LogP contribution in [0, 0.1) is 5.92 Å². The highest BCUT2D eigenvalue weighted by atomic mass is 32.2. The van der Waals surface area contributed by atoms with E-state index in [0.717, 1.165) is 29.4 Å². The number of hydrogen-bond donors (Lipinski definition) is 0. The standard InChI is InChI=1S/C18H22N4O2S/c1-12-5-2-3-7-14(12)22-16(13-6-4-9-19-11-13)20-21-18(22)25-15-8-10-24-17(15)23/h4,6,9,11-12,14-15H,2-3,5,7-8,10H2,1H3/t12-,14+,15-/m1/s1. The van der Waals surface area contributed by atoms with Crippen LogP contribution >= 0.6 is 11.8 Å². The topological polar surface area (TPSA) is 69.9 Å². The molecule has 0 aromatic carbocycles. The summed E-state index contributed by atoms with van der Waals surface area (Å²) in [5.41, 5.74) is 0.966. The van der Waals surface area contributed by atoms with E-state index in [1.54, 1.807) is 6.20 Å². The lowest BCUT2D eigenvalue weighted by Crippen LogP contribution is -2.23. The molecule has 4 rings (SSSR count). The van der Waals surface area contributed by atoms with Crippen molar-refractivity contribution in [1.82, 2.24) is 19.7 Å². The molecule has 2 aliphatic rings. The third-order valence-electron chi connectivity index (χ3n) is 5.12. The lowest BCUT2D eigenvalue weighted by atomic mass is 9.85. The molecule has 1 aliphatic carbocycles. The lowest BCUT2D eigenvalue weighted by Gasteiger charge is -2.31. The van der Waals surface area contributed by atoms with Gasteiger partial charge in [0.1, 0.15) is 5.25 Å². The third-order valence-corrected chi connectivity index (χ3v) is 6.32. The number of esters is 1. The summed E-state index contributed by atoms with van der Waals surface area (Å²) in [5, 5.41) is 9.55. The number of ether oxygens (including phenoxy) is 1. The molecule has 7 heteroatoms. The largest absolute Gasteiger partial charge is 0.465 e. The van der Waals surface area contributed by atoms with E-state index in [0.29, 0.717) is 18.6 Å². The number of cyclic esters (lactones) is 1. The molecule has 2 aromatic heterocycles. The van der Waals surface area contributed by atoms with Gasteiger partial charge in [-0.05, 0) is 30.9 Å². The zero-order valence-corrected chi connectivity index (χ0v) is 15.1. The quantitative estimate of drug-likeness (QED) is 0.779. The van der Waals surface area contributed by atoms with Gasteiger partial charge in [0.05, 0.1) is 6.61 Å². The molecule has 1 aliphatic heterocycles. The molecule has 2 aromatic rings. The minimum Gasteiger partial charge on any atom is -0.465 e. The van der Waals surface area contributed by atoms with Crippen molar-refractivity contribution in [3.63, 3.8) is 0 Å². The smallest absolute Gasteiger partial charge is 0.319 e. The van der Waals surface area contributed by atoms with E-state index in [9.17, 15) is 4.79 Å². The number of nitrogens with zero attached hydrogens (tertiary/aromatic N) is 4. The first-order chi connectivity index (χ1) is 12.2. The maximum Gasteiger partial charge on any atom is 0.319 e. The molecular formula is C18H22N4O2S. The zero-order chi connectivity index (χ0) is 17.2. The Hall–Kier alpha value is -1.89. The molecule has 0 bridgehead atoms. The normalized spacial score (nSPS) is 26.6. The second-order valence-corrected chi connectivity index (χ2v) is 7.98. The Morgan fingerprint density at radius 2 is 2.12 bits per heavy atom. The predicted octanol–water partition coefficient (Wildman–Crippen LogP) is 3.50. The van der Waals surface area contributed by atoms with Crippen LogP contribution < -0.4 is 0 Å². The van der Waals surface area contributed by atoms with Crippen molar-refractivity contribution < 1.29 is 9.53 Å². The van der Waals surface area contributed by atoms with Crippen molar-refractivity contribution in [2.75, 3.05) is 6.61 Å². The summed E-state index contributed by atoms with van der Waals surface area (Å²) in [6.45, 7) is 2.80. The first kappa shape index (κ1) is 16.6. The molecule has 0 spiro atoms. The Morgan fingerprint density at radius 3 is 2.84 bits per heavy atom. The summed E-state index contributed by atoms with van der Waals surface area (Å²) >= 11 is 1.49. The minimum atomic E-state index is -0.177. The van der Waals surface area contributed by atoms with Crippen molar-refractivity contribution in [2.24, 2.45) is 5.92 Å². The Kier molecular flexibility index (Phi) is 4.74. The molecule has 1 saturated heterocycles. The van der Waals surface area contributed by atoms with Gasteiger partial charge >= 0.3 is 5.97 Å². The Morgan fingerprint density at radius 1 is 1.24 bits per heavy atom. The van der Waals surface area contributed by atoms with Crippen LogP contribution in [0.15, 0.2) is 29.7 Å². The second-order valence-electron chi connectivity index (χ2n) is 6.81. The van der Waals surface area contributed by atoms with E-state index < -0.39 is 0 Å². The van der Waals surface area contributed by atoms with Crippen LogP contribution in [0.5, 0.6) is 0 Å². The molecule has 3 atom stereocenters. The van der Waals surface area contributed by atoms with Gasteiger partial charge in [-0.1, -0.05) is 31.5 Å². The Labute approximate surface area is 151 Å². The average molecular weight is 358 g/mol. The molecule has 3 heterocycles. The van der Waals surface area contributed by atoms with Crippen LogP contribution in [0.1, 0.15) is 45.1 Å². The fourth-order valence-corrected chi connectivity index (χ4v) is 4.80. The fourth-order valence-electron chi connectivity index (χ4n) is 3.74. The SMILES string of the molecule is C[C@@H]1CCCC[C@@H]1n1c(S[C@@H]2CCOC2=O)nnc1-c1cccnc1.